The summed E-state index contributed by atoms with van der Waals surface area (Å²) in [6, 6.07) is 7.11. The summed E-state index contributed by atoms with van der Waals surface area (Å²) < 4.78 is 5.56. The van der Waals surface area contributed by atoms with Crippen LogP contribution in [0.15, 0.2) is 24.3 Å². The van der Waals surface area contributed by atoms with Crippen molar-refractivity contribution in [2.24, 2.45) is 0 Å². The number of hydrogen-bond donors (Lipinski definition) is 1. The Morgan fingerprint density at radius 3 is 2.56 bits per heavy atom. The van der Waals surface area contributed by atoms with Crippen LogP contribution in [0.3, 0.4) is 0 Å². The fraction of sp³-hybridized carbons (Fsp3) is 0.500. The van der Waals surface area contributed by atoms with E-state index in [-0.39, 0.29) is 6.61 Å². The Morgan fingerprint density at radius 1 is 1.22 bits per heavy atom. The van der Waals surface area contributed by atoms with E-state index in [1.807, 2.05) is 19.2 Å². The highest BCUT2D eigenvalue weighted by atomic mass is 16.5. The zero-order valence-corrected chi connectivity index (χ0v) is 10.8. The van der Waals surface area contributed by atoms with Crippen LogP contribution >= 0.6 is 0 Å². The van der Waals surface area contributed by atoms with Gasteiger partial charge in [0.05, 0.1) is 13.2 Å². The third-order valence-electron chi connectivity index (χ3n) is 2.70. The van der Waals surface area contributed by atoms with E-state index in [1.54, 1.807) is 12.1 Å². The summed E-state index contributed by atoms with van der Waals surface area (Å²) >= 11 is 0. The molecular weight excluding hydrogens is 230 g/mol. The van der Waals surface area contributed by atoms with Crippen molar-refractivity contribution in [3.63, 3.8) is 0 Å². The summed E-state index contributed by atoms with van der Waals surface area (Å²) in [7, 11) is 2.00. The lowest BCUT2D eigenvalue weighted by Crippen LogP contribution is -2.23. The molecule has 1 rings (SSSR count). The summed E-state index contributed by atoms with van der Waals surface area (Å²) in [5, 5.41) is 8.74. The van der Waals surface area contributed by atoms with Gasteiger partial charge in [0.25, 0.3) is 0 Å². The van der Waals surface area contributed by atoms with Crippen molar-refractivity contribution >= 4 is 6.29 Å². The Labute approximate surface area is 108 Å². The first kappa shape index (κ1) is 14.7. The third kappa shape index (κ3) is 5.80. The van der Waals surface area contributed by atoms with Gasteiger partial charge in [-0.3, -0.25) is 4.79 Å². The summed E-state index contributed by atoms with van der Waals surface area (Å²) in [5.41, 5.74) is 0.660. The number of unbranched alkanes of at least 4 members (excludes halogenated alkanes) is 1. The van der Waals surface area contributed by atoms with Crippen LogP contribution in [0.2, 0.25) is 0 Å². The number of aliphatic hydroxyl groups excluding tert-OH is 1. The number of carbonyl (C=O) groups excluding carboxylic acids is 1. The molecule has 1 aromatic rings. The molecular formula is C14H21NO3. The number of aliphatic hydroxyl groups is 1. The lowest BCUT2D eigenvalue weighted by atomic mass is 10.2. The van der Waals surface area contributed by atoms with Gasteiger partial charge in [-0.2, -0.15) is 0 Å². The second-order valence-electron chi connectivity index (χ2n) is 4.27. The third-order valence-corrected chi connectivity index (χ3v) is 2.70. The standard InChI is InChI=1S/C14H21NO3/c1-15(9-10-16)8-2-3-11-18-14-6-4-13(12-17)5-7-14/h4-7,12,16H,2-3,8-11H2,1H3. The molecule has 0 radical (unpaired) electrons. The summed E-state index contributed by atoms with van der Waals surface area (Å²) in [4.78, 5) is 12.6. The van der Waals surface area contributed by atoms with Crippen molar-refractivity contribution in [3.8, 4) is 5.75 Å². The highest BCUT2D eigenvalue weighted by Gasteiger charge is 1.98. The Balaban J connectivity index is 2.11. The molecule has 1 N–H and O–H groups in total. The van der Waals surface area contributed by atoms with E-state index in [1.165, 1.54) is 0 Å². The average molecular weight is 251 g/mol. The number of nitrogens with zero attached hydrogens (tertiary/aromatic N) is 1. The van der Waals surface area contributed by atoms with Crippen molar-refractivity contribution in [2.75, 3.05) is 33.4 Å². The van der Waals surface area contributed by atoms with E-state index in [9.17, 15) is 4.79 Å². The molecule has 0 aliphatic heterocycles. The van der Waals surface area contributed by atoms with Crippen molar-refractivity contribution in [2.45, 2.75) is 12.8 Å². The molecule has 0 saturated carbocycles. The van der Waals surface area contributed by atoms with Gasteiger partial charge in [-0.1, -0.05) is 0 Å². The first-order valence-corrected chi connectivity index (χ1v) is 6.23. The van der Waals surface area contributed by atoms with Crippen LogP contribution in [0.1, 0.15) is 23.2 Å². The van der Waals surface area contributed by atoms with Gasteiger partial charge in [0.1, 0.15) is 12.0 Å². The molecule has 0 atom stereocenters. The maximum Gasteiger partial charge on any atom is 0.150 e. The molecule has 18 heavy (non-hydrogen) atoms. The van der Waals surface area contributed by atoms with Gasteiger partial charge in [0.2, 0.25) is 0 Å². The zero-order chi connectivity index (χ0) is 13.2. The molecule has 4 heteroatoms. The quantitative estimate of drug-likeness (QED) is 0.535. The van der Waals surface area contributed by atoms with Gasteiger partial charge in [-0.05, 0) is 50.7 Å². The zero-order valence-electron chi connectivity index (χ0n) is 10.8. The minimum atomic E-state index is 0.204. The normalized spacial score (nSPS) is 10.6. The molecule has 0 spiro atoms. The second-order valence-corrected chi connectivity index (χ2v) is 4.27. The average Bonchev–Trinajstić information content (AvgIpc) is 2.39. The first-order valence-electron chi connectivity index (χ1n) is 6.23. The minimum absolute atomic E-state index is 0.204. The van der Waals surface area contributed by atoms with Gasteiger partial charge in [-0.25, -0.2) is 0 Å². The van der Waals surface area contributed by atoms with Gasteiger partial charge in [0.15, 0.2) is 0 Å². The predicted molar refractivity (Wildman–Crippen MR) is 71.1 cm³/mol. The molecule has 0 saturated heterocycles. The van der Waals surface area contributed by atoms with Crippen molar-refractivity contribution in [3.05, 3.63) is 29.8 Å². The van der Waals surface area contributed by atoms with Crippen LogP contribution in [0, 0.1) is 0 Å². The number of likely N-dealkylation sites (N-methyl/N-ethyl adjacent to an activating group) is 1. The fourth-order valence-corrected chi connectivity index (χ4v) is 1.60. The van der Waals surface area contributed by atoms with Crippen LogP contribution in [0.25, 0.3) is 0 Å². The maximum absolute atomic E-state index is 10.5. The highest BCUT2D eigenvalue weighted by molar-refractivity contribution is 5.74. The first-order chi connectivity index (χ1) is 8.76. The number of carbonyl (C=O) groups is 1. The van der Waals surface area contributed by atoms with E-state index < -0.39 is 0 Å². The van der Waals surface area contributed by atoms with Gasteiger partial charge in [0, 0.05) is 12.1 Å². The molecule has 0 bridgehead atoms. The molecule has 0 aliphatic carbocycles. The van der Waals surface area contributed by atoms with E-state index >= 15 is 0 Å². The maximum atomic E-state index is 10.5. The molecule has 0 heterocycles. The van der Waals surface area contributed by atoms with Gasteiger partial charge >= 0.3 is 0 Å². The van der Waals surface area contributed by atoms with E-state index in [0.717, 1.165) is 31.4 Å². The lowest BCUT2D eigenvalue weighted by molar-refractivity contribution is 0.112. The number of benzene rings is 1. The van der Waals surface area contributed by atoms with Gasteiger partial charge < -0.3 is 14.7 Å². The molecule has 0 amide bonds. The Hall–Kier alpha value is -1.39. The van der Waals surface area contributed by atoms with Crippen LogP contribution in [-0.2, 0) is 0 Å². The van der Waals surface area contributed by atoms with Crippen LogP contribution in [0.5, 0.6) is 5.75 Å². The Bertz CT molecular complexity index is 337. The Morgan fingerprint density at radius 2 is 1.94 bits per heavy atom. The largest absolute Gasteiger partial charge is 0.494 e. The lowest BCUT2D eigenvalue weighted by Gasteiger charge is -2.14. The van der Waals surface area contributed by atoms with Crippen LogP contribution in [-0.4, -0.2) is 49.6 Å². The predicted octanol–water partition coefficient (Wildman–Crippen LogP) is 1.58. The monoisotopic (exact) mass is 251 g/mol. The number of hydrogen-bond acceptors (Lipinski definition) is 4. The molecule has 1 aromatic carbocycles. The van der Waals surface area contributed by atoms with Crippen molar-refractivity contribution in [1.82, 2.24) is 4.90 Å². The van der Waals surface area contributed by atoms with E-state index in [4.69, 9.17) is 9.84 Å². The molecule has 0 aromatic heterocycles. The van der Waals surface area contributed by atoms with E-state index in [2.05, 4.69) is 4.90 Å². The van der Waals surface area contributed by atoms with Crippen LogP contribution < -0.4 is 4.74 Å². The molecule has 4 nitrogen and oxygen atoms in total. The SMILES string of the molecule is CN(CCO)CCCCOc1ccc(C=O)cc1. The number of aldehydes is 1. The minimum Gasteiger partial charge on any atom is -0.494 e. The fourth-order valence-electron chi connectivity index (χ4n) is 1.60. The number of ether oxygens (including phenoxy) is 1. The summed E-state index contributed by atoms with van der Waals surface area (Å²) in [5.74, 6) is 0.796. The molecule has 0 aliphatic rings. The smallest absolute Gasteiger partial charge is 0.150 e. The number of rotatable bonds is 9. The van der Waals surface area contributed by atoms with Crippen molar-refractivity contribution in [1.29, 1.82) is 0 Å². The molecule has 0 unspecified atom stereocenters. The van der Waals surface area contributed by atoms with Gasteiger partial charge in [-0.15, -0.1) is 0 Å². The molecule has 0 fully saturated rings. The van der Waals surface area contributed by atoms with Crippen molar-refractivity contribution < 1.29 is 14.6 Å². The topological polar surface area (TPSA) is 49.8 Å². The molecule has 100 valence electrons. The highest BCUT2D eigenvalue weighted by Crippen LogP contribution is 2.11. The summed E-state index contributed by atoms with van der Waals surface area (Å²) in [6.45, 7) is 2.56. The van der Waals surface area contributed by atoms with E-state index in [0.29, 0.717) is 18.7 Å². The summed E-state index contributed by atoms with van der Waals surface area (Å²) in [6.07, 6.45) is 2.84. The second kappa shape index (κ2) is 8.66. The van der Waals surface area contributed by atoms with Crippen LogP contribution in [0.4, 0.5) is 0 Å². The Kier molecular flexibility index (Phi) is 7.06.